The van der Waals surface area contributed by atoms with Gasteiger partial charge in [-0.3, -0.25) is 4.79 Å². The van der Waals surface area contributed by atoms with Crippen molar-refractivity contribution in [1.82, 2.24) is 5.32 Å². The monoisotopic (exact) mass is 300 g/mol. The Labute approximate surface area is 123 Å². The highest BCUT2D eigenvalue weighted by molar-refractivity contribution is 6.42. The Bertz CT molecular complexity index is 479. The van der Waals surface area contributed by atoms with Crippen LogP contribution in [0.15, 0.2) is 18.2 Å². The molecule has 0 radical (unpaired) electrons. The van der Waals surface area contributed by atoms with Crippen LogP contribution in [-0.4, -0.2) is 11.9 Å². The minimum Gasteiger partial charge on any atom is -0.349 e. The van der Waals surface area contributed by atoms with Crippen molar-refractivity contribution >= 4 is 29.1 Å². The molecular weight excluding hydrogens is 283 g/mol. The minimum atomic E-state index is -0.102. The van der Waals surface area contributed by atoms with Gasteiger partial charge in [-0.15, -0.1) is 0 Å². The summed E-state index contributed by atoms with van der Waals surface area (Å²) in [6.07, 6.45) is 2.83. The molecule has 1 aliphatic carbocycles. The van der Waals surface area contributed by atoms with Crippen LogP contribution >= 0.6 is 23.2 Å². The number of benzene rings is 1. The zero-order valence-corrected chi connectivity index (χ0v) is 12.3. The summed E-state index contributed by atoms with van der Waals surface area (Å²) in [5.41, 5.74) is 6.88. The topological polar surface area (TPSA) is 55.1 Å². The number of rotatable bonds is 3. The lowest BCUT2D eigenvalue weighted by Crippen LogP contribution is -2.39. The van der Waals surface area contributed by atoms with E-state index in [1.807, 2.05) is 13.0 Å². The highest BCUT2D eigenvalue weighted by Gasteiger charge is 2.30. The maximum atomic E-state index is 12.1. The molecule has 1 saturated carbocycles. The minimum absolute atomic E-state index is 0.0130. The SMILES string of the molecule is CC(NC(=O)C1CCCC1N)c1ccc(Cl)c(Cl)c1. The molecule has 0 aromatic heterocycles. The first-order valence-electron chi connectivity index (χ1n) is 6.50. The average molecular weight is 301 g/mol. The van der Waals surface area contributed by atoms with Crippen LogP contribution in [0, 0.1) is 5.92 Å². The van der Waals surface area contributed by atoms with Crippen molar-refractivity contribution in [3.63, 3.8) is 0 Å². The van der Waals surface area contributed by atoms with E-state index in [0.717, 1.165) is 24.8 Å². The maximum absolute atomic E-state index is 12.1. The van der Waals surface area contributed by atoms with Crippen LogP contribution in [0.1, 0.15) is 37.8 Å². The van der Waals surface area contributed by atoms with Gasteiger partial charge in [0.05, 0.1) is 22.0 Å². The molecule has 0 heterocycles. The summed E-state index contributed by atoms with van der Waals surface area (Å²) in [7, 11) is 0. The fraction of sp³-hybridized carbons (Fsp3) is 0.500. The number of hydrogen-bond acceptors (Lipinski definition) is 2. The number of hydrogen-bond donors (Lipinski definition) is 2. The van der Waals surface area contributed by atoms with Crippen molar-refractivity contribution in [1.29, 1.82) is 0 Å². The van der Waals surface area contributed by atoms with Gasteiger partial charge < -0.3 is 11.1 Å². The van der Waals surface area contributed by atoms with E-state index in [0.29, 0.717) is 10.0 Å². The quantitative estimate of drug-likeness (QED) is 0.900. The summed E-state index contributed by atoms with van der Waals surface area (Å²) in [6, 6.07) is 5.27. The van der Waals surface area contributed by atoms with Gasteiger partial charge in [0.15, 0.2) is 0 Å². The molecule has 3 atom stereocenters. The third-order valence-corrected chi connectivity index (χ3v) is 4.45. The van der Waals surface area contributed by atoms with E-state index in [1.165, 1.54) is 0 Å². The first kappa shape index (κ1) is 14.6. The van der Waals surface area contributed by atoms with Crippen molar-refractivity contribution in [3.8, 4) is 0 Å². The molecule has 2 rings (SSSR count). The molecule has 0 aliphatic heterocycles. The lowest BCUT2D eigenvalue weighted by Gasteiger charge is -2.20. The first-order valence-corrected chi connectivity index (χ1v) is 7.25. The molecule has 5 heteroatoms. The molecule has 1 aromatic rings. The lowest BCUT2D eigenvalue weighted by molar-refractivity contribution is -0.125. The molecule has 3 unspecified atom stereocenters. The third kappa shape index (κ3) is 3.41. The zero-order valence-electron chi connectivity index (χ0n) is 10.8. The van der Waals surface area contributed by atoms with E-state index in [9.17, 15) is 4.79 Å². The van der Waals surface area contributed by atoms with Gasteiger partial charge in [0.2, 0.25) is 5.91 Å². The van der Waals surface area contributed by atoms with Crippen LogP contribution in [-0.2, 0) is 4.79 Å². The third-order valence-electron chi connectivity index (χ3n) is 3.71. The molecular formula is C14H18Cl2N2O. The molecule has 0 bridgehead atoms. The van der Waals surface area contributed by atoms with Crippen molar-refractivity contribution in [3.05, 3.63) is 33.8 Å². The van der Waals surface area contributed by atoms with Crippen LogP contribution in [0.3, 0.4) is 0 Å². The van der Waals surface area contributed by atoms with Crippen molar-refractivity contribution in [2.45, 2.75) is 38.3 Å². The predicted octanol–water partition coefficient (Wildman–Crippen LogP) is 3.30. The van der Waals surface area contributed by atoms with Gasteiger partial charge in [0, 0.05) is 6.04 Å². The second-order valence-corrected chi connectivity index (χ2v) is 5.92. The van der Waals surface area contributed by atoms with E-state index in [2.05, 4.69) is 5.32 Å². The van der Waals surface area contributed by atoms with Crippen molar-refractivity contribution in [2.24, 2.45) is 11.7 Å². The van der Waals surface area contributed by atoms with E-state index >= 15 is 0 Å². The van der Waals surface area contributed by atoms with Crippen LogP contribution in [0.4, 0.5) is 0 Å². The molecule has 1 aliphatic rings. The Balaban J connectivity index is 2.02. The summed E-state index contributed by atoms with van der Waals surface area (Å²) < 4.78 is 0. The summed E-state index contributed by atoms with van der Waals surface area (Å²) in [5.74, 6) is -0.0335. The fourth-order valence-electron chi connectivity index (χ4n) is 2.50. The van der Waals surface area contributed by atoms with Gasteiger partial charge in [-0.1, -0.05) is 35.7 Å². The Morgan fingerprint density at radius 1 is 1.37 bits per heavy atom. The van der Waals surface area contributed by atoms with Gasteiger partial charge in [-0.25, -0.2) is 0 Å². The number of amides is 1. The Morgan fingerprint density at radius 2 is 2.11 bits per heavy atom. The standard InChI is InChI=1S/C14H18Cl2N2O/c1-8(9-5-6-11(15)12(16)7-9)18-14(19)10-3-2-4-13(10)17/h5-8,10,13H,2-4,17H2,1H3,(H,18,19). The van der Waals surface area contributed by atoms with Crippen molar-refractivity contribution in [2.75, 3.05) is 0 Å². The molecule has 3 N–H and O–H groups in total. The van der Waals surface area contributed by atoms with Gasteiger partial charge >= 0.3 is 0 Å². The van der Waals surface area contributed by atoms with Gasteiger partial charge in [-0.05, 0) is 37.5 Å². The number of carbonyl (C=O) groups is 1. The molecule has 3 nitrogen and oxygen atoms in total. The van der Waals surface area contributed by atoms with E-state index in [1.54, 1.807) is 12.1 Å². The maximum Gasteiger partial charge on any atom is 0.225 e. The van der Waals surface area contributed by atoms with Gasteiger partial charge in [-0.2, -0.15) is 0 Å². The second kappa shape index (κ2) is 6.12. The van der Waals surface area contributed by atoms with Gasteiger partial charge in [0.1, 0.15) is 0 Å². The summed E-state index contributed by atoms with van der Waals surface area (Å²) in [5, 5.41) is 4.01. The molecule has 1 amide bonds. The van der Waals surface area contributed by atoms with Crippen LogP contribution in [0.25, 0.3) is 0 Å². The largest absolute Gasteiger partial charge is 0.349 e. The summed E-state index contributed by atoms with van der Waals surface area (Å²) in [6.45, 7) is 1.93. The summed E-state index contributed by atoms with van der Waals surface area (Å²) in [4.78, 5) is 12.1. The Kier molecular flexibility index (Phi) is 4.71. The summed E-state index contributed by atoms with van der Waals surface area (Å²) >= 11 is 11.9. The Morgan fingerprint density at radius 3 is 2.68 bits per heavy atom. The predicted molar refractivity (Wildman–Crippen MR) is 78.3 cm³/mol. The second-order valence-electron chi connectivity index (χ2n) is 5.11. The van der Waals surface area contributed by atoms with Gasteiger partial charge in [0.25, 0.3) is 0 Å². The smallest absolute Gasteiger partial charge is 0.225 e. The molecule has 0 spiro atoms. The van der Waals surface area contributed by atoms with Crippen LogP contribution in [0.2, 0.25) is 10.0 Å². The van der Waals surface area contributed by atoms with Crippen molar-refractivity contribution < 1.29 is 4.79 Å². The Hall–Kier alpha value is -0.770. The van der Waals surface area contributed by atoms with Crippen LogP contribution in [0.5, 0.6) is 0 Å². The molecule has 1 fully saturated rings. The molecule has 1 aromatic carbocycles. The number of halogens is 2. The normalized spacial score (nSPS) is 24.2. The lowest BCUT2D eigenvalue weighted by atomic mass is 10.0. The number of nitrogens with two attached hydrogens (primary N) is 1. The molecule has 0 saturated heterocycles. The van der Waals surface area contributed by atoms with E-state index in [4.69, 9.17) is 28.9 Å². The van der Waals surface area contributed by atoms with E-state index in [-0.39, 0.29) is 23.9 Å². The highest BCUT2D eigenvalue weighted by atomic mass is 35.5. The molecule has 104 valence electrons. The number of nitrogens with one attached hydrogen (secondary N) is 1. The average Bonchev–Trinajstić information content (AvgIpc) is 2.79. The van der Waals surface area contributed by atoms with E-state index < -0.39 is 0 Å². The zero-order chi connectivity index (χ0) is 14.0. The van der Waals surface area contributed by atoms with Crippen LogP contribution < -0.4 is 11.1 Å². The number of carbonyl (C=O) groups excluding carboxylic acids is 1. The fourth-order valence-corrected chi connectivity index (χ4v) is 2.81. The highest BCUT2D eigenvalue weighted by Crippen LogP contribution is 2.27. The molecule has 19 heavy (non-hydrogen) atoms. The first-order chi connectivity index (χ1) is 8.99.